The molecule has 0 bridgehead atoms. The summed E-state index contributed by atoms with van der Waals surface area (Å²) >= 11 is 0. The van der Waals surface area contributed by atoms with E-state index in [0.29, 0.717) is 44.0 Å². The molecule has 0 aliphatic carbocycles. The molecular weight excluding hydrogens is 373 g/mol. The molecule has 1 N–H and O–H groups in total. The van der Waals surface area contributed by atoms with Crippen LogP contribution in [0.5, 0.6) is 0 Å². The third-order valence-corrected chi connectivity index (χ3v) is 4.88. The second-order valence-electron chi connectivity index (χ2n) is 6.92. The van der Waals surface area contributed by atoms with Gasteiger partial charge in [0.15, 0.2) is 0 Å². The van der Waals surface area contributed by atoms with E-state index in [0.717, 1.165) is 18.5 Å². The molecule has 0 unspecified atom stereocenters. The van der Waals surface area contributed by atoms with Crippen LogP contribution in [-0.4, -0.2) is 49.7 Å². The highest BCUT2D eigenvalue weighted by atomic mass is 19.1. The smallest absolute Gasteiger partial charge is 0.340 e. The molecule has 6 nitrogen and oxygen atoms in total. The van der Waals surface area contributed by atoms with Gasteiger partial charge in [0.25, 0.3) is 0 Å². The minimum atomic E-state index is -0.435. The summed E-state index contributed by atoms with van der Waals surface area (Å²) in [5.41, 5.74) is 1.73. The summed E-state index contributed by atoms with van der Waals surface area (Å²) in [7, 11) is 0. The molecule has 0 atom stereocenters. The van der Waals surface area contributed by atoms with Crippen LogP contribution in [0.3, 0.4) is 0 Å². The molecule has 1 aliphatic rings. The van der Waals surface area contributed by atoms with Gasteiger partial charge in [-0.2, -0.15) is 0 Å². The fourth-order valence-electron chi connectivity index (χ4n) is 3.17. The van der Waals surface area contributed by atoms with Gasteiger partial charge < -0.3 is 19.9 Å². The van der Waals surface area contributed by atoms with Crippen molar-refractivity contribution in [3.63, 3.8) is 0 Å². The van der Waals surface area contributed by atoms with Gasteiger partial charge >= 0.3 is 12.0 Å². The number of benzene rings is 2. The third-order valence-electron chi connectivity index (χ3n) is 4.88. The van der Waals surface area contributed by atoms with E-state index in [1.54, 1.807) is 41.3 Å². The Bertz CT molecular complexity index is 833. The maximum absolute atomic E-state index is 13.1. The predicted octanol–water partition coefficient (Wildman–Crippen LogP) is 4.14. The zero-order valence-corrected chi connectivity index (χ0v) is 16.6. The fraction of sp³-hybridized carbons (Fsp3) is 0.364. The number of urea groups is 1. The van der Waals surface area contributed by atoms with Crippen molar-refractivity contribution in [2.45, 2.75) is 19.8 Å². The SMILES string of the molecule is CCCCOC(=O)c1ccccc1NC(=O)N1CCN(c2ccc(F)cc2)CC1. The number of nitrogens with zero attached hydrogens (tertiary/aromatic N) is 2. The van der Waals surface area contributed by atoms with Crippen LogP contribution in [0.2, 0.25) is 0 Å². The van der Waals surface area contributed by atoms with Crippen molar-refractivity contribution in [3.8, 4) is 0 Å². The summed E-state index contributed by atoms with van der Waals surface area (Å²) in [5, 5.41) is 2.83. The van der Waals surface area contributed by atoms with Gasteiger partial charge in [-0.1, -0.05) is 25.5 Å². The Labute approximate surface area is 170 Å². The number of unbranched alkanes of at least 4 members (excludes halogenated alkanes) is 1. The molecule has 0 spiro atoms. The lowest BCUT2D eigenvalue weighted by molar-refractivity contribution is 0.0501. The molecule has 2 aromatic rings. The minimum absolute atomic E-state index is 0.252. The average Bonchev–Trinajstić information content (AvgIpc) is 2.75. The van der Waals surface area contributed by atoms with Crippen LogP contribution in [-0.2, 0) is 4.74 Å². The summed E-state index contributed by atoms with van der Waals surface area (Å²) in [6.45, 7) is 4.76. The first-order valence-corrected chi connectivity index (χ1v) is 9.91. The van der Waals surface area contributed by atoms with E-state index in [9.17, 15) is 14.0 Å². The maximum atomic E-state index is 13.1. The van der Waals surface area contributed by atoms with Crippen molar-refractivity contribution in [1.29, 1.82) is 0 Å². The summed E-state index contributed by atoms with van der Waals surface area (Å²) in [5.74, 6) is -0.700. The van der Waals surface area contributed by atoms with Gasteiger partial charge in [-0.05, 0) is 42.8 Å². The number of esters is 1. The van der Waals surface area contributed by atoms with E-state index in [2.05, 4.69) is 10.2 Å². The normalized spacial score (nSPS) is 13.9. The Morgan fingerprint density at radius 1 is 1.03 bits per heavy atom. The van der Waals surface area contributed by atoms with Gasteiger partial charge in [-0.15, -0.1) is 0 Å². The monoisotopic (exact) mass is 399 g/mol. The molecule has 0 saturated carbocycles. The molecule has 2 aromatic carbocycles. The molecule has 0 aromatic heterocycles. The second-order valence-corrected chi connectivity index (χ2v) is 6.92. The number of hydrogen-bond acceptors (Lipinski definition) is 4. The van der Waals surface area contributed by atoms with Crippen LogP contribution in [0.4, 0.5) is 20.6 Å². The highest BCUT2D eigenvalue weighted by Gasteiger charge is 2.23. The zero-order valence-electron chi connectivity index (χ0n) is 16.6. The number of carbonyl (C=O) groups excluding carboxylic acids is 2. The number of rotatable bonds is 6. The highest BCUT2D eigenvalue weighted by molar-refractivity contribution is 6.00. The first-order valence-electron chi connectivity index (χ1n) is 9.91. The van der Waals surface area contributed by atoms with E-state index in [4.69, 9.17) is 4.74 Å². The largest absolute Gasteiger partial charge is 0.462 e. The van der Waals surface area contributed by atoms with Gasteiger partial charge in [-0.25, -0.2) is 14.0 Å². The van der Waals surface area contributed by atoms with Crippen molar-refractivity contribution in [2.24, 2.45) is 0 Å². The number of hydrogen-bond donors (Lipinski definition) is 1. The van der Waals surface area contributed by atoms with E-state index in [-0.39, 0.29) is 11.8 Å². The van der Waals surface area contributed by atoms with Crippen LogP contribution in [0.25, 0.3) is 0 Å². The third kappa shape index (κ3) is 5.47. The minimum Gasteiger partial charge on any atom is -0.462 e. The highest BCUT2D eigenvalue weighted by Crippen LogP contribution is 2.19. The second kappa shape index (κ2) is 9.91. The maximum Gasteiger partial charge on any atom is 0.340 e. The first-order chi connectivity index (χ1) is 14.1. The van der Waals surface area contributed by atoms with Crippen molar-refractivity contribution < 1.29 is 18.7 Å². The summed E-state index contributed by atoms with van der Waals surface area (Å²) in [6, 6.07) is 13.0. The van der Waals surface area contributed by atoms with E-state index < -0.39 is 5.97 Å². The predicted molar refractivity (Wildman–Crippen MR) is 111 cm³/mol. The Kier molecular flexibility index (Phi) is 7.05. The number of para-hydroxylation sites is 1. The van der Waals surface area contributed by atoms with Crippen LogP contribution in [0.15, 0.2) is 48.5 Å². The Morgan fingerprint density at radius 3 is 2.41 bits per heavy atom. The van der Waals surface area contributed by atoms with E-state index >= 15 is 0 Å². The molecule has 0 radical (unpaired) electrons. The number of amides is 2. The van der Waals surface area contributed by atoms with Crippen LogP contribution >= 0.6 is 0 Å². The molecular formula is C22H26FN3O3. The first kappa shape index (κ1) is 20.6. The molecule has 1 fully saturated rings. The summed E-state index contributed by atoms with van der Waals surface area (Å²) < 4.78 is 18.4. The van der Waals surface area contributed by atoms with Crippen LogP contribution in [0, 0.1) is 5.82 Å². The number of anilines is 2. The van der Waals surface area contributed by atoms with E-state index in [1.165, 1.54) is 12.1 Å². The van der Waals surface area contributed by atoms with Gasteiger partial charge in [0.2, 0.25) is 0 Å². The van der Waals surface area contributed by atoms with Crippen LogP contribution in [0.1, 0.15) is 30.1 Å². The lowest BCUT2D eigenvalue weighted by Gasteiger charge is -2.36. The molecule has 1 heterocycles. The molecule has 1 saturated heterocycles. The van der Waals surface area contributed by atoms with Crippen molar-refractivity contribution in [1.82, 2.24) is 4.90 Å². The Hall–Kier alpha value is -3.09. The molecule has 154 valence electrons. The standard InChI is InChI=1S/C22H26FN3O3/c1-2-3-16-29-21(27)19-6-4-5-7-20(19)24-22(28)26-14-12-25(13-15-26)18-10-8-17(23)9-11-18/h4-11H,2-3,12-16H2,1H3,(H,24,28). The molecule has 29 heavy (non-hydrogen) atoms. The van der Waals surface area contributed by atoms with Gasteiger partial charge in [-0.3, -0.25) is 0 Å². The number of halogens is 1. The number of piperazine rings is 1. The van der Waals surface area contributed by atoms with Crippen LogP contribution < -0.4 is 10.2 Å². The van der Waals surface area contributed by atoms with Crippen molar-refractivity contribution in [2.75, 3.05) is 43.0 Å². The quantitative estimate of drug-likeness (QED) is 0.586. The topological polar surface area (TPSA) is 61.9 Å². The number of nitrogens with one attached hydrogen (secondary N) is 1. The van der Waals surface area contributed by atoms with Gasteiger partial charge in [0.05, 0.1) is 17.9 Å². The van der Waals surface area contributed by atoms with Gasteiger partial charge in [0, 0.05) is 31.9 Å². The average molecular weight is 399 g/mol. The summed E-state index contributed by atoms with van der Waals surface area (Å²) in [6.07, 6.45) is 1.74. The Balaban J connectivity index is 1.57. The molecule has 2 amide bonds. The van der Waals surface area contributed by atoms with Gasteiger partial charge in [0.1, 0.15) is 5.82 Å². The number of carbonyl (C=O) groups is 2. The van der Waals surface area contributed by atoms with Crippen molar-refractivity contribution >= 4 is 23.4 Å². The lowest BCUT2D eigenvalue weighted by atomic mass is 10.2. The lowest BCUT2D eigenvalue weighted by Crippen LogP contribution is -2.50. The summed E-state index contributed by atoms with van der Waals surface area (Å²) in [4.78, 5) is 28.8. The van der Waals surface area contributed by atoms with Crippen molar-refractivity contribution in [3.05, 3.63) is 59.9 Å². The zero-order chi connectivity index (χ0) is 20.6. The number of ether oxygens (including phenoxy) is 1. The fourth-order valence-corrected chi connectivity index (χ4v) is 3.17. The van der Waals surface area contributed by atoms with E-state index in [1.807, 2.05) is 6.92 Å². The Morgan fingerprint density at radius 2 is 1.72 bits per heavy atom. The molecule has 1 aliphatic heterocycles. The molecule has 3 rings (SSSR count). The molecule has 7 heteroatoms.